The number of carbonyl (C=O) groups is 1. The number of benzene rings is 1. The van der Waals surface area contributed by atoms with Gasteiger partial charge in [0.1, 0.15) is 0 Å². The molecule has 0 saturated carbocycles. The summed E-state index contributed by atoms with van der Waals surface area (Å²) < 4.78 is 0. The monoisotopic (exact) mass is 356 g/mol. The highest BCUT2D eigenvalue weighted by molar-refractivity contribution is 5.73. The van der Waals surface area contributed by atoms with Crippen molar-refractivity contribution in [2.75, 3.05) is 13.1 Å². The molecule has 144 valence electrons. The van der Waals surface area contributed by atoms with Crippen LogP contribution in [0.4, 0.5) is 0 Å². The van der Waals surface area contributed by atoms with E-state index in [1.165, 1.54) is 69.2 Å². The van der Waals surface area contributed by atoms with Crippen LogP contribution in [-0.2, 0) is 10.2 Å². The van der Waals surface area contributed by atoms with Crippen molar-refractivity contribution in [2.24, 2.45) is 0 Å². The first-order valence-electron chi connectivity index (χ1n) is 10.7. The largest absolute Gasteiger partial charge is 0.349 e. The third-order valence-corrected chi connectivity index (χ3v) is 6.76. The molecule has 1 amide bonds. The average Bonchev–Trinajstić information content (AvgIpc) is 2.93. The molecule has 3 heteroatoms. The molecule has 2 aliphatic rings. The first kappa shape index (κ1) is 19.4. The van der Waals surface area contributed by atoms with Crippen LogP contribution in [0, 0.1) is 0 Å². The zero-order valence-corrected chi connectivity index (χ0v) is 16.9. The number of nitrogens with one attached hydrogen (secondary N) is 1. The minimum absolute atomic E-state index is 0.0845. The van der Waals surface area contributed by atoms with Gasteiger partial charge >= 0.3 is 0 Å². The van der Waals surface area contributed by atoms with E-state index >= 15 is 0 Å². The van der Waals surface area contributed by atoms with E-state index in [-0.39, 0.29) is 17.4 Å². The summed E-state index contributed by atoms with van der Waals surface area (Å²) in [6.45, 7) is 8.67. The van der Waals surface area contributed by atoms with Crippen molar-refractivity contribution in [1.29, 1.82) is 0 Å². The van der Waals surface area contributed by atoms with E-state index in [9.17, 15) is 4.79 Å². The van der Waals surface area contributed by atoms with Gasteiger partial charge in [-0.25, -0.2) is 0 Å². The summed E-state index contributed by atoms with van der Waals surface area (Å²) in [5, 5.41) is 3.20. The summed E-state index contributed by atoms with van der Waals surface area (Å²) in [5.74, 6) is 0.0845. The molecule has 1 aliphatic heterocycles. The number of rotatable bonds is 7. The average molecular weight is 357 g/mol. The lowest BCUT2D eigenvalue weighted by molar-refractivity contribution is -0.119. The molecule has 1 N–H and O–H groups in total. The van der Waals surface area contributed by atoms with Gasteiger partial charge in [0.25, 0.3) is 0 Å². The molecule has 26 heavy (non-hydrogen) atoms. The maximum atomic E-state index is 11.7. The van der Waals surface area contributed by atoms with Gasteiger partial charge in [-0.05, 0) is 56.3 Å². The van der Waals surface area contributed by atoms with Crippen molar-refractivity contribution in [2.45, 2.75) is 89.6 Å². The number of unbranched alkanes of at least 4 members (excludes halogenated alkanes) is 2. The van der Waals surface area contributed by atoms with Gasteiger partial charge in [0.15, 0.2) is 0 Å². The maximum absolute atomic E-state index is 11.7. The van der Waals surface area contributed by atoms with Crippen molar-refractivity contribution < 1.29 is 4.79 Å². The maximum Gasteiger partial charge on any atom is 0.217 e. The van der Waals surface area contributed by atoms with Crippen LogP contribution in [0.3, 0.4) is 0 Å². The number of piperidine rings is 1. The van der Waals surface area contributed by atoms with Crippen LogP contribution in [0.2, 0.25) is 0 Å². The van der Waals surface area contributed by atoms with Crippen molar-refractivity contribution in [3.63, 3.8) is 0 Å². The Bertz CT molecular complexity index is 604. The van der Waals surface area contributed by atoms with Gasteiger partial charge in [-0.1, -0.05) is 57.4 Å². The van der Waals surface area contributed by atoms with E-state index < -0.39 is 0 Å². The highest BCUT2D eigenvalue weighted by Crippen LogP contribution is 2.51. The fraction of sp³-hybridized carbons (Fsp3) is 0.696. The van der Waals surface area contributed by atoms with Gasteiger partial charge in [0.05, 0.1) is 6.04 Å². The Balaban J connectivity index is 1.69. The second-order valence-electron chi connectivity index (χ2n) is 8.42. The number of amides is 1. The lowest BCUT2D eigenvalue weighted by Crippen LogP contribution is -2.46. The predicted molar refractivity (Wildman–Crippen MR) is 108 cm³/mol. The van der Waals surface area contributed by atoms with E-state index in [4.69, 9.17) is 0 Å². The highest BCUT2D eigenvalue weighted by Gasteiger charge is 2.45. The number of hydrogen-bond donors (Lipinski definition) is 1. The second kappa shape index (κ2) is 8.56. The van der Waals surface area contributed by atoms with Crippen molar-refractivity contribution in [3.05, 3.63) is 35.4 Å². The Morgan fingerprint density at radius 2 is 1.96 bits per heavy atom. The first-order chi connectivity index (χ1) is 12.6. The normalized spacial score (nSPS) is 23.0. The smallest absolute Gasteiger partial charge is 0.217 e. The Morgan fingerprint density at radius 1 is 1.23 bits per heavy atom. The van der Waals surface area contributed by atoms with Gasteiger partial charge in [-0.15, -0.1) is 0 Å². The molecule has 3 nitrogen and oxygen atoms in total. The molecule has 1 aromatic carbocycles. The van der Waals surface area contributed by atoms with Gasteiger partial charge < -0.3 is 10.2 Å². The molecule has 1 spiro atoms. The van der Waals surface area contributed by atoms with Crippen LogP contribution in [0.25, 0.3) is 0 Å². The Kier molecular flexibility index (Phi) is 6.39. The minimum Gasteiger partial charge on any atom is -0.349 e. The molecule has 1 heterocycles. The summed E-state index contributed by atoms with van der Waals surface area (Å²) in [4.78, 5) is 14.4. The summed E-state index contributed by atoms with van der Waals surface area (Å²) >= 11 is 0. The van der Waals surface area contributed by atoms with E-state index in [1.54, 1.807) is 6.92 Å². The SMILES string of the molecule is CCCCCC(CC)N1CCC2(CC1)C[C@H](NC(C)=O)c1ccccc12. The molecular weight excluding hydrogens is 320 g/mol. The summed E-state index contributed by atoms with van der Waals surface area (Å²) in [5.41, 5.74) is 3.12. The van der Waals surface area contributed by atoms with Crippen molar-refractivity contribution >= 4 is 5.91 Å². The molecule has 1 fully saturated rings. The number of fused-ring (bicyclic) bond motifs is 2. The number of hydrogen-bond acceptors (Lipinski definition) is 2. The Labute approximate surface area is 159 Å². The van der Waals surface area contributed by atoms with E-state index in [0.717, 1.165) is 12.5 Å². The zero-order chi connectivity index (χ0) is 18.6. The Morgan fingerprint density at radius 3 is 2.62 bits per heavy atom. The number of nitrogens with zero attached hydrogens (tertiary/aromatic N) is 1. The molecule has 0 aromatic heterocycles. The quantitative estimate of drug-likeness (QED) is 0.700. The first-order valence-corrected chi connectivity index (χ1v) is 10.7. The highest BCUT2D eigenvalue weighted by atomic mass is 16.1. The molecule has 3 rings (SSSR count). The fourth-order valence-electron chi connectivity index (χ4n) is 5.33. The van der Waals surface area contributed by atoms with Gasteiger partial charge in [0.2, 0.25) is 5.91 Å². The lowest BCUT2D eigenvalue weighted by Gasteiger charge is -2.43. The van der Waals surface area contributed by atoms with Crippen molar-refractivity contribution in [3.8, 4) is 0 Å². The van der Waals surface area contributed by atoms with Crippen molar-refractivity contribution in [1.82, 2.24) is 10.2 Å². The van der Waals surface area contributed by atoms with E-state index in [0.29, 0.717) is 0 Å². The molecule has 1 aliphatic carbocycles. The van der Waals surface area contributed by atoms with E-state index in [2.05, 4.69) is 48.3 Å². The van der Waals surface area contributed by atoms with Crippen LogP contribution in [0.5, 0.6) is 0 Å². The second-order valence-corrected chi connectivity index (χ2v) is 8.42. The Hall–Kier alpha value is -1.35. The molecule has 1 saturated heterocycles. The molecule has 2 atom stereocenters. The van der Waals surface area contributed by atoms with Crippen LogP contribution in [0.15, 0.2) is 24.3 Å². The van der Waals surface area contributed by atoms with Gasteiger partial charge in [-0.2, -0.15) is 0 Å². The van der Waals surface area contributed by atoms with Crippen LogP contribution in [-0.4, -0.2) is 29.9 Å². The summed E-state index contributed by atoms with van der Waals surface area (Å²) in [6.07, 6.45) is 10.2. The number of carbonyl (C=O) groups excluding carboxylic acids is 1. The van der Waals surface area contributed by atoms with Gasteiger partial charge in [-0.3, -0.25) is 4.79 Å². The standard InChI is InChI=1S/C23H36N2O/c1-4-6-7-10-19(5-2)25-15-13-23(14-16-25)17-22(24-18(3)26)20-11-8-9-12-21(20)23/h8-9,11-12,19,22H,4-7,10,13-17H2,1-3H3,(H,24,26)/t19?,22-/m0/s1. The van der Waals surface area contributed by atoms with Crippen LogP contribution < -0.4 is 5.32 Å². The molecule has 0 bridgehead atoms. The molecule has 1 aromatic rings. The van der Waals surface area contributed by atoms with Gasteiger partial charge in [0, 0.05) is 18.4 Å². The zero-order valence-electron chi connectivity index (χ0n) is 16.9. The van der Waals surface area contributed by atoms with Crippen LogP contribution >= 0.6 is 0 Å². The fourth-order valence-corrected chi connectivity index (χ4v) is 5.33. The lowest BCUT2D eigenvalue weighted by atomic mass is 9.73. The summed E-state index contributed by atoms with van der Waals surface area (Å²) in [6, 6.07) is 9.76. The number of likely N-dealkylation sites (tertiary alicyclic amines) is 1. The third kappa shape index (κ3) is 3.98. The predicted octanol–water partition coefficient (Wildman–Crippen LogP) is 4.96. The topological polar surface area (TPSA) is 32.3 Å². The van der Waals surface area contributed by atoms with E-state index in [1.807, 2.05) is 0 Å². The molecule has 0 radical (unpaired) electrons. The third-order valence-electron chi connectivity index (χ3n) is 6.76. The summed E-state index contributed by atoms with van der Waals surface area (Å²) in [7, 11) is 0. The molecular formula is C23H36N2O. The van der Waals surface area contributed by atoms with Crippen LogP contribution in [0.1, 0.15) is 89.3 Å². The minimum atomic E-state index is 0.0845. The molecule has 1 unspecified atom stereocenters.